The maximum Gasteiger partial charge on any atom is 0.223 e. The summed E-state index contributed by atoms with van der Waals surface area (Å²) >= 11 is 0. The number of halogens is 2. The number of anilines is 1. The molecule has 2 fully saturated rings. The van der Waals surface area contributed by atoms with E-state index in [0.29, 0.717) is 12.0 Å². The highest BCUT2D eigenvalue weighted by molar-refractivity contribution is 5.85. The van der Waals surface area contributed by atoms with Crippen LogP contribution in [0.5, 0.6) is 0 Å². The molecule has 2 N–H and O–H groups in total. The van der Waals surface area contributed by atoms with Crippen molar-refractivity contribution in [1.29, 1.82) is 0 Å². The summed E-state index contributed by atoms with van der Waals surface area (Å²) in [6.07, 6.45) is 3.40. The highest BCUT2D eigenvalue weighted by Gasteiger charge is 2.57. The molecule has 2 aliphatic rings. The van der Waals surface area contributed by atoms with Crippen LogP contribution in [0.15, 0.2) is 30.3 Å². The topological polar surface area (TPSA) is 44.4 Å². The first-order chi connectivity index (χ1) is 10.6. The van der Waals surface area contributed by atoms with Gasteiger partial charge in [0.25, 0.3) is 0 Å². The molecular weight excluding hydrogens is 345 g/mol. The molecule has 6 heteroatoms. The molecule has 4 nitrogen and oxygen atoms in total. The Bertz CT molecular complexity index is 520. The second kappa shape index (κ2) is 8.93. The summed E-state index contributed by atoms with van der Waals surface area (Å²) in [6, 6.07) is 10.6. The third-order valence-electron chi connectivity index (χ3n) is 5.50. The van der Waals surface area contributed by atoms with Gasteiger partial charge in [-0.15, -0.1) is 24.8 Å². The van der Waals surface area contributed by atoms with Crippen LogP contribution >= 0.6 is 24.8 Å². The molecule has 1 saturated heterocycles. The number of benzene rings is 1. The average molecular weight is 374 g/mol. The average Bonchev–Trinajstić information content (AvgIpc) is 3.26. The minimum absolute atomic E-state index is 0. The summed E-state index contributed by atoms with van der Waals surface area (Å²) in [6.45, 7) is 4.99. The Labute approximate surface area is 157 Å². The molecular formula is C18H29Cl2N3O. The van der Waals surface area contributed by atoms with Crippen molar-refractivity contribution in [3.63, 3.8) is 0 Å². The van der Waals surface area contributed by atoms with Gasteiger partial charge in [-0.1, -0.05) is 18.2 Å². The smallest absolute Gasteiger partial charge is 0.223 e. The number of para-hydroxylation sites is 1. The van der Waals surface area contributed by atoms with E-state index in [9.17, 15) is 4.79 Å². The Morgan fingerprint density at radius 1 is 1.29 bits per heavy atom. The first-order valence-electron chi connectivity index (χ1n) is 8.39. The van der Waals surface area contributed by atoms with Gasteiger partial charge in [0.05, 0.1) is 0 Å². The number of hydrogen-bond donors (Lipinski definition) is 2. The molecule has 1 aromatic rings. The van der Waals surface area contributed by atoms with Gasteiger partial charge in [-0.05, 0) is 56.8 Å². The summed E-state index contributed by atoms with van der Waals surface area (Å²) in [4.78, 5) is 14.6. The molecule has 0 bridgehead atoms. The minimum atomic E-state index is 0. The van der Waals surface area contributed by atoms with Gasteiger partial charge in [0, 0.05) is 31.2 Å². The summed E-state index contributed by atoms with van der Waals surface area (Å²) < 4.78 is 0. The van der Waals surface area contributed by atoms with Crippen LogP contribution in [0.25, 0.3) is 0 Å². The number of likely N-dealkylation sites (N-methyl/N-ethyl adjacent to an activating group) is 1. The summed E-state index contributed by atoms with van der Waals surface area (Å²) in [5.74, 6) is 0.513. The van der Waals surface area contributed by atoms with Crippen LogP contribution in [-0.4, -0.2) is 38.6 Å². The first kappa shape index (κ1) is 21.1. The minimum Gasteiger partial charge on any atom is -0.370 e. The first-order valence-corrected chi connectivity index (χ1v) is 8.39. The normalized spacial score (nSPS) is 21.8. The van der Waals surface area contributed by atoms with Crippen LogP contribution < -0.4 is 15.5 Å². The van der Waals surface area contributed by atoms with Gasteiger partial charge in [0.1, 0.15) is 0 Å². The van der Waals surface area contributed by atoms with Gasteiger partial charge in [-0.2, -0.15) is 0 Å². The van der Waals surface area contributed by atoms with E-state index in [-0.39, 0.29) is 42.7 Å². The Kier molecular flexibility index (Phi) is 7.84. The molecule has 24 heavy (non-hydrogen) atoms. The van der Waals surface area contributed by atoms with Gasteiger partial charge in [-0.25, -0.2) is 0 Å². The number of carbonyl (C=O) groups is 1. The lowest BCUT2D eigenvalue weighted by Gasteiger charge is -2.27. The van der Waals surface area contributed by atoms with E-state index in [2.05, 4.69) is 41.6 Å². The molecule has 1 aliphatic heterocycles. The number of hydrogen-bond acceptors (Lipinski definition) is 3. The van der Waals surface area contributed by atoms with Crippen molar-refractivity contribution in [2.45, 2.75) is 32.2 Å². The van der Waals surface area contributed by atoms with E-state index >= 15 is 0 Å². The lowest BCUT2D eigenvalue weighted by Crippen LogP contribution is -2.41. The quantitative estimate of drug-likeness (QED) is 0.833. The van der Waals surface area contributed by atoms with Crippen molar-refractivity contribution in [3.05, 3.63) is 30.3 Å². The highest BCUT2D eigenvalue weighted by atomic mass is 35.5. The zero-order valence-electron chi connectivity index (χ0n) is 14.5. The van der Waals surface area contributed by atoms with Crippen LogP contribution in [0.4, 0.5) is 5.69 Å². The molecule has 0 radical (unpaired) electrons. The monoisotopic (exact) mass is 373 g/mol. The Hall–Kier alpha value is -0.970. The predicted octanol–water partition coefficient (Wildman–Crippen LogP) is 2.86. The summed E-state index contributed by atoms with van der Waals surface area (Å²) in [5, 5.41) is 6.55. The molecule has 0 aromatic heterocycles. The Morgan fingerprint density at radius 3 is 2.54 bits per heavy atom. The fourth-order valence-corrected chi connectivity index (χ4v) is 3.62. The molecule has 1 heterocycles. The molecule has 3 rings (SSSR count). The summed E-state index contributed by atoms with van der Waals surface area (Å²) in [5.41, 5.74) is 1.51. The fraction of sp³-hybridized carbons (Fsp3) is 0.611. The van der Waals surface area contributed by atoms with Crippen molar-refractivity contribution in [3.8, 4) is 0 Å². The van der Waals surface area contributed by atoms with Gasteiger partial charge in [-0.3, -0.25) is 4.79 Å². The molecule has 2 atom stereocenters. The van der Waals surface area contributed by atoms with E-state index in [1.165, 1.54) is 5.69 Å². The van der Waals surface area contributed by atoms with E-state index in [1.807, 2.05) is 18.2 Å². The molecule has 136 valence electrons. The molecule has 1 amide bonds. The lowest BCUT2D eigenvalue weighted by molar-refractivity contribution is -0.123. The van der Waals surface area contributed by atoms with Crippen LogP contribution in [0.1, 0.15) is 26.2 Å². The second-order valence-corrected chi connectivity index (χ2v) is 6.91. The van der Waals surface area contributed by atoms with E-state index in [1.54, 1.807) is 0 Å². The van der Waals surface area contributed by atoms with Crippen molar-refractivity contribution in [1.82, 2.24) is 10.6 Å². The fourth-order valence-electron chi connectivity index (χ4n) is 3.62. The van der Waals surface area contributed by atoms with Crippen LogP contribution in [-0.2, 0) is 4.79 Å². The molecule has 1 spiro atoms. The van der Waals surface area contributed by atoms with Crippen molar-refractivity contribution < 1.29 is 4.79 Å². The molecule has 2 unspecified atom stereocenters. The number of carbonyl (C=O) groups excluding carboxylic acids is 1. The van der Waals surface area contributed by atoms with Crippen molar-refractivity contribution in [2.75, 3.05) is 31.6 Å². The Balaban J connectivity index is 0.00000144. The SMILES string of the molecule is CC(CNC(=O)C1CC12CCNCC2)N(C)c1ccccc1.Cl.Cl. The zero-order chi connectivity index (χ0) is 15.6. The highest BCUT2D eigenvalue weighted by Crippen LogP contribution is 2.58. The van der Waals surface area contributed by atoms with Crippen LogP contribution in [0, 0.1) is 11.3 Å². The van der Waals surface area contributed by atoms with E-state index in [4.69, 9.17) is 0 Å². The van der Waals surface area contributed by atoms with Gasteiger partial charge in [0.15, 0.2) is 0 Å². The second-order valence-electron chi connectivity index (χ2n) is 6.91. The number of nitrogens with zero attached hydrogens (tertiary/aromatic N) is 1. The third kappa shape index (κ3) is 4.56. The van der Waals surface area contributed by atoms with Gasteiger partial charge < -0.3 is 15.5 Å². The van der Waals surface area contributed by atoms with E-state index < -0.39 is 0 Å². The number of amides is 1. The van der Waals surface area contributed by atoms with Crippen molar-refractivity contribution >= 4 is 36.4 Å². The zero-order valence-corrected chi connectivity index (χ0v) is 16.1. The molecule has 1 saturated carbocycles. The largest absolute Gasteiger partial charge is 0.370 e. The number of nitrogens with one attached hydrogen (secondary N) is 2. The van der Waals surface area contributed by atoms with E-state index in [0.717, 1.165) is 32.4 Å². The van der Waals surface area contributed by atoms with Gasteiger partial charge in [0.2, 0.25) is 5.91 Å². The van der Waals surface area contributed by atoms with Crippen LogP contribution in [0.2, 0.25) is 0 Å². The maximum atomic E-state index is 12.4. The predicted molar refractivity (Wildman–Crippen MR) is 104 cm³/mol. The summed E-state index contributed by atoms with van der Waals surface area (Å²) in [7, 11) is 2.08. The standard InChI is InChI=1S/C18H27N3O.2ClH/c1-14(21(2)15-6-4-3-5-7-15)13-20-17(22)16-12-18(16)8-10-19-11-9-18;;/h3-7,14,16,19H,8-13H2,1-2H3,(H,20,22);2*1H. The number of rotatable bonds is 5. The maximum absolute atomic E-state index is 12.4. The Morgan fingerprint density at radius 2 is 1.92 bits per heavy atom. The lowest BCUT2D eigenvalue weighted by atomic mass is 9.92. The van der Waals surface area contributed by atoms with Crippen molar-refractivity contribution in [2.24, 2.45) is 11.3 Å². The molecule has 1 aliphatic carbocycles. The third-order valence-corrected chi connectivity index (χ3v) is 5.50. The molecule has 1 aromatic carbocycles. The number of piperidine rings is 1. The van der Waals surface area contributed by atoms with Gasteiger partial charge >= 0.3 is 0 Å². The van der Waals surface area contributed by atoms with Crippen LogP contribution in [0.3, 0.4) is 0 Å².